The number of carboxylic acid groups (broad SMARTS) is 1. The van der Waals surface area contributed by atoms with E-state index in [4.69, 9.17) is 9.63 Å². The molecule has 0 aromatic carbocycles. The number of rotatable bonds is 5. The Kier molecular flexibility index (Phi) is 3.67. The molecule has 0 spiro atoms. The highest BCUT2D eigenvalue weighted by molar-refractivity contribution is 5.68. The van der Waals surface area contributed by atoms with Crippen LogP contribution in [-0.2, 0) is 16.8 Å². The molecule has 0 radical (unpaired) electrons. The van der Waals surface area contributed by atoms with Gasteiger partial charge in [-0.3, -0.25) is 4.79 Å². The lowest BCUT2D eigenvalue weighted by atomic mass is 9.74. The zero-order valence-electron chi connectivity index (χ0n) is 11.8. The zero-order chi connectivity index (χ0) is 14.1. The van der Waals surface area contributed by atoms with Crippen LogP contribution in [0.3, 0.4) is 0 Å². The number of aromatic nitrogens is 1. The molecule has 0 atom stereocenters. The second kappa shape index (κ2) is 4.96. The number of nitrogens with one attached hydrogen (secondary N) is 1. The van der Waals surface area contributed by atoms with E-state index in [1.807, 2.05) is 6.07 Å². The largest absolute Gasteiger partial charge is 0.481 e. The molecule has 0 bridgehead atoms. The van der Waals surface area contributed by atoms with Crippen molar-refractivity contribution in [3.05, 3.63) is 17.5 Å². The Hall–Kier alpha value is -1.36. The fourth-order valence-electron chi connectivity index (χ4n) is 2.34. The summed E-state index contributed by atoms with van der Waals surface area (Å²) in [7, 11) is 0. The minimum atomic E-state index is -0.747. The topological polar surface area (TPSA) is 75.4 Å². The van der Waals surface area contributed by atoms with E-state index in [9.17, 15) is 4.79 Å². The lowest BCUT2D eigenvalue weighted by Crippen LogP contribution is -2.51. The summed E-state index contributed by atoms with van der Waals surface area (Å²) in [5, 5.41) is 16.3. The number of hydrogen-bond acceptors (Lipinski definition) is 4. The molecule has 2 rings (SSSR count). The van der Waals surface area contributed by atoms with Gasteiger partial charge in [-0.05, 0) is 19.3 Å². The molecule has 1 aliphatic rings. The van der Waals surface area contributed by atoms with Crippen molar-refractivity contribution in [1.82, 2.24) is 10.5 Å². The van der Waals surface area contributed by atoms with Crippen molar-refractivity contribution in [1.29, 1.82) is 0 Å². The third kappa shape index (κ3) is 3.35. The minimum absolute atomic E-state index is 0.0551. The van der Waals surface area contributed by atoms with E-state index in [0.29, 0.717) is 6.54 Å². The van der Waals surface area contributed by atoms with Crippen molar-refractivity contribution >= 4 is 5.97 Å². The molecule has 1 aromatic heterocycles. The van der Waals surface area contributed by atoms with Crippen molar-refractivity contribution in [2.24, 2.45) is 0 Å². The van der Waals surface area contributed by atoms with Gasteiger partial charge in [0.05, 0.1) is 12.1 Å². The van der Waals surface area contributed by atoms with Crippen LogP contribution in [-0.4, -0.2) is 21.8 Å². The highest BCUT2D eigenvalue weighted by Gasteiger charge is 2.38. The van der Waals surface area contributed by atoms with E-state index in [-0.39, 0.29) is 17.4 Å². The number of hydrogen-bond donors (Lipinski definition) is 2. The molecule has 2 N–H and O–H groups in total. The Morgan fingerprint density at radius 2 is 2.21 bits per heavy atom. The first-order valence-electron chi connectivity index (χ1n) is 6.74. The zero-order valence-corrected chi connectivity index (χ0v) is 11.8. The summed E-state index contributed by atoms with van der Waals surface area (Å²) >= 11 is 0. The van der Waals surface area contributed by atoms with E-state index in [1.54, 1.807) is 0 Å². The Balaban J connectivity index is 1.95. The van der Waals surface area contributed by atoms with Gasteiger partial charge in [0.15, 0.2) is 0 Å². The number of aliphatic carboxylic acids is 1. The minimum Gasteiger partial charge on any atom is -0.481 e. The maximum Gasteiger partial charge on any atom is 0.305 e. The normalized spacial score (nSPS) is 18.1. The van der Waals surface area contributed by atoms with Crippen LogP contribution >= 0.6 is 0 Å². The highest BCUT2D eigenvalue weighted by atomic mass is 16.5. The standard InChI is InChI=1S/C14H22N2O3/c1-13(2,3)11-7-10(16-19-11)9-15-14(5-4-6-14)8-12(17)18/h7,15H,4-6,8-9H2,1-3H3,(H,17,18). The van der Waals surface area contributed by atoms with Crippen molar-refractivity contribution in [3.8, 4) is 0 Å². The van der Waals surface area contributed by atoms with Gasteiger partial charge in [-0.25, -0.2) is 0 Å². The third-order valence-corrected chi connectivity index (χ3v) is 3.74. The molecule has 1 saturated carbocycles. The monoisotopic (exact) mass is 266 g/mol. The molecule has 1 aromatic rings. The molecular formula is C14H22N2O3. The smallest absolute Gasteiger partial charge is 0.305 e. The number of carboxylic acids is 1. The van der Waals surface area contributed by atoms with Crippen LogP contribution < -0.4 is 5.32 Å². The first-order valence-corrected chi connectivity index (χ1v) is 6.74. The summed E-state index contributed by atoms with van der Waals surface area (Å²) in [6, 6.07) is 1.94. The van der Waals surface area contributed by atoms with Crippen molar-refractivity contribution < 1.29 is 14.4 Å². The maximum absolute atomic E-state index is 10.9. The van der Waals surface area contributed by atoms with Gasteiger partial charge in [0, 0.05) is 23.6 Å². The first-order chi connectivity index (χ1) is 8.81. The molecule has 1 aliphatic carbocycles. The van der Waals surface area contributed by atoms with E-state index >= 15 is 0 Å². The fraction of sp³-hybridized carbons (Fsp3) is 0.714. The summed E-state index contributed by atoms with van der Waals surface area (Å²) < 4.78 is 5.32. The predicted molar refractivity (Wildman–Crippen MR) is 70.9 cm³/mol. The van der Waals surface area contributed by atoms with Crippen LogP contribution in [0.25, 0.3) is 0 Å². The van der Waals surface area contributed by atoms with E-state index < -0.39 is 5.97 Å². The van der Waals surface area contributed by atoms with Gasteiger partial charge in [-0.2, -0.15) is 0 Å². The molecule has 0 aliphatic heterocycles. The van der Waals surface area contributed by atoms with Crippen LogP contribution in [0, 0.1) is 0 Å². The molecule has 0 saturated heterocycles. The second-order valence-corrected chi connectivity index (χ2v) is 6.49. The van der Waals surface area contributed by atoms with Crippen LogP contribution in [0.15, 0.2) is 10.6 Å². The van der Waals surface area contributed by atoms with Gasteiger partial charge in [-0.1, -0.05) is 25.9 Å². The predicted octanol–water partition coefficient (Wildman–Crippen LogP) is 2.46. The molecular weight excluding hydrogens is 244 g/mol. The number of carbonyl (C=O) groups is 1. The molecule has 0 amide bonds. The summed E-state index contributed by atoms with van der Waals surface area (Å²) in [4.78, 5) is 10.9. The van der Waals surface area contributed by atoms with Gasteiger partial charge in [0.1, 0.15) is 5.76 Å². The van der Waals surface area contributed by atoms with Gasteiger partial charge >= 0.3 is 5.97 Å². The summed E-state index contributed by atoms with van der Waals surface area (Å²) in [6.07, 6.45) is 3.11. The quantitative estimate of drug-likeness (QED) is 0.856. The maximum atomic E-state index is 10.9. The van der Waals surface area contributed by atoms with Crippen LogP contribution in [0.2, 0.25) is 0 Å². The Labute approximate surface area is 113 Å². The molecule has 5 heteroatoms. The van der Waals surface area contributed by atoms with Crippen molar-refractivity contribution in [2.75, 3.05) is 0 Å². The van der Waals surface area contributed by atoms with Gasteiger partial charge in [0.25, 0.3) is 0 Å². The SMILES string of the molecule is CC(C)(C)c1cc(CNC2(CC(=O)O)CCC2)no1. The molecule has 1 heterocycles. The van der Waals surface area contributed by atoms with Gasteiger partial charge in [0.2, 0.25) is 0 Å². The average molecular weight is 266 g/mol. The Bertz CT molecular complexity index is 456. The first kappa shape index (κ1) is 14.1. The fourth-order valence-corrected chi connectivity index (χ4v) is 2.34. The molecule has 0 unspecified atom stereocenters. The summed E-state index contributed by atoms with van der Waals surface area (Å²) in [6.45, 7) is 6.78. The van der Waals surface area contributed by atoms with Crippen LogP contribution in [0.4, 0.5) is 0 Å². The molecule has 106 valence electrons. The van der Waals surface area contributed by atoms with E-state index in [2.05, 4.69) is 31.2 Å². The van der Waals surface area contributed by atoms with Crippen molar-refractivity contribution in [3.63, 3.8) is 0 Å². The molecule has 19 heavy (non-hydrogen) atoms. The number of nitrogens with zero attached hydrogens (tertiary/aromatic N) is 1. The molecule has 5 nitrogen and oxygen atoms in total. The Morgan fingerprint density at radius 1 is 1.53 bits per heavy atom. The lowest BCUT2D eigenvalue weighted by molar-refractivity contribution is -0.139. The van der Waals surface area contributed by atoms with Crippen LogP contribution in [0.5, 0.6) is 0 Å². The van der Waals surface area contributed by atoms with Crippen LogP contribution in [0.1, 0.15) is 57.9 Å². The Morgan fingerprint density at radius 3 is 2.63 bits per heavy atom. The summed E-state index contributed by atoms with van der Waals surface area (Å²) in [5.74, 6) is 0.105. The van der Waals surface area contributed by atoms with E-state index in [0.717, 1.165) is 30.7 Å². The molecule has 1 fully saturated rings. The van der Waals surface area contributed by atoms with Gasteiger partial charge in [-0.15, -0.1) is 0 Å². The lowest BCUT2D eigenvalue weighted by Gasteiger charge is -2.41. The van der Waals surface area contributed by atoms with Gasteiger partial charge < -0.3 is 14.9 Å². The third-order valence-electron chi connectivity index (χ3n) is 3.74. The summed E-state index contributed by atoms with van der Waals surface area (Å²) in [5.41, 5.74) is 0.536. The highest BCUT2D eigenvalue weighted by Crippen LogP contribution is 2.35. The average Bonchev–Trinajstić information content (AvgIpc) is 2.69. The van der Waals surface area contributed by atoms with E-state index in [1.165, 1.54) is 0 Å². The van der Waals surface area contributed by atoms with Crippen molar-refractivity contribution in [2.45, 2.75) is 64.0 Å². The second-order valence-electron chi connectivity index (χ2n) is 6.49.